The Bertz CT molecular complexity index is 422. The number of rotatable bonds is 1. The average Bonchev–Trinajstić information content (AvgIpc) is 2.48. The third kappa shape index (κ3) is 5.17. The maximum absolute atomic E-state index is 10.7. The molecule has 1 heterocycles. The maximum Gasteiger partial charge on any atom is 0.522 e. The molecule has 0 bridgehead atoms. The van der Waals surface area contributed by atoms with Crippen LogP contribution in [0.5, 0.6) is 0 Å². The standard InChI is InChI=1S/C7H11N.CHF3O3S/c1-3-8-5-4-7(2)6-8;2-1(3,4)8(5,6)7/h4-6H,3H2,1-2H3;(H,5,6,7). The number of alkyl halides is 3. The number of nitrogens with zero attached hydrogens (tertiary/aromatic N) is 1. The van der Waals surface area contributed by atoms with Crippen LogP contribution in [0.15, 0.2) is 18.5 Å². The molecule has 0 aliphatic heterocycles. The number of hydrogen-bond donors (Lipinski definition) is 1. The maximum atomic E-state index is 10.7. The number of hydrogen-bond acceptors (Lipinski definition) is 2. The SMILES string of the molecule is CCn1ccc(C)c1.O=S(=O)(O)C(F)(F)F. The largest absolute Gasteiger partial charge is 0.522 e. The first-order chi connectivity index (χ1) is 7.08. The second-order valence-corrected chi connectivity index (χ2v) is 4.35. The molecule has 0 amide bonds. The third-order valence-corrected chi connectivity index (χ3v) is 2.14. The highest BCUT2D eigenvalue weighted by Gasteiger charge is 2.44. The first kappa shape index (κ1) is 15.0. The van der Waals surface area contributed by atoms with Crippen LogP contribution in [0.2, 0.25) is 0 Å². The van der Waals surface area contributed by atoms with Crippen LogP contribution in [-0.4, -0.2) is 23.0 Å². The fourth-order valence-electron chi connectivity index (χ4n) is 0.758. The fourth-order valence-corrected chi connectivity index (χ4v) is 0.758. The van der Waals surface area contributed by atoms with Gasteiger partial charge in [0.2, 0.25) is 0 Å². The summed E-state index contributed by atoms with van der Waals surface area (Å²) >= 11 is 0. The minimum Gasteiger partial charge on any atom is -0.354 e. The zero-order valence-electron chi connectivity index (χ0n) is 8.69. The average molecular weight is 259 g/mol. The first-order valence-corrected chi connectivity index (χ1v) is 5.68. The Balaban J connectivity index is 0.000000281. The second kappa shape index (κ2) is 5.35. The Kier molecular flexibility index (Phi) is 5.01. The van der Waals surface area contributed by atoms with E-state index in [-0.39, 0.29) is 0 Å². The van der Waals surface area contributed by atoms with Gasteiger partial charge in [-0.2, -0.15) is 21.6 Å². The van der Waals surface area contributed by atoms with E-state index in [1.54, 1.807) is 0 Å². The molecule has 0 unspecified atom stereocenters. The summed E-state index contributed by atoms with van der Waals surface area (Å²) in [6.45, 7) is 5.32. The minimum atomic E-state index is -5.84. The lowest BCUT2D eigenvalue weighted by molar-refractivity contribution is -0.0510. The summed E-state index contributed by atoms with van der Waals surface area (Å²) < 4.78 is 59.7. The molecule has 4 nitrogen and oxygen atoms in total. The molecule has 0 aromatic carbocycles. The highest BCUT2D eigenvalue weighted by Crippen LogP contribution is 2.20. The molecule has 0 radical (unpaired) electrons. The summed E-state index contributed by atoms with van der Waals surface area (Å²) in [5, 5.41) is 0. The molecule has 94 valence electrons. The molecule has 0 saturated carbocycles. The Hall–Kier alpha value is -1.02. The molecule has 1 N–H and O–H groups in total. The van der Waals surface area contributed by atoms with Gasteiger partial charge >= 0.3 is 15.6 Å². The van der Waals surface area contributed by atoms with E-state index in [1.807, 2.05) is 0 Å². The van der Waals surface area contributed by atoms with Crippen molar-refractivity contribution in [3.8, 4) is 0 Å². The molecule has 0 aliphatic rings. The summed E-state index contributed by atoms with van der Waals surface area (Å²) in [6, 6.07) is 2.11. The molecular weight excluding hydrogens is 247 g/mol. The van der Waals surface area contributed by atoms with E-state index in [2.05, 4.69) is 36.9 Å². The van der Waals surface area contributed by atoms with Crippen molar-refractivity contribution in [1.82, 2.24) is 4.57 Å². The van der Waals surface area contributed by atoms with Crippen molar-refractivity contribution in [2.24, 2.45) is 0 Å². The van der Waals surface area contributed by atoms with Crippen LogP contribution in [0.4, 0.5) is 13.2 Å². The van der Waals surface area contributed by atoms with E-state index in [9.17, 15) is 13.2 Å². The van der Waals surface area contributed by atoms with E-state index < -0.39 is 15.6 Å². The van der Waals surface area contributed by atoms with Gasteiger partial charge in [-0.25, -0.2) is 0 Å². The van der Waals surface area contributed by atoms with Gasteiger partial charge in [0, 0.05) is 18.9 Å². The molecule has 0 atom stereocenters. The summed E-state index contributed by atoms with van der Waals surface area (Å²) in [5.74, 6) is 0. The van der Waals surface area contributed by atoms with E-state index in [0.717, 1.165) is 6.54 Å². The van der Waals surface area contributed by atoms with Gasteiger partial charge in [-0.1, -0.05) is 0 Å². The van der Waals surface area contributed by atoms with Gasteiger partial charge in [0.15, 0.2) is 0 Å². The molecule has 0 saturated heterocycles. The zero-order chi connectivity index (χ0) is 13.0. The summed E-state index contributed by atoms with van der Waals surface area (Å²) in [4.78, 5) is 0. The number of aryl methyl sites for hydroxylation is 2. The quantitative estimate of drug-likeness (QED) is 0.621. The van der Waals surface area contributed by atoms with Crippen LogP contribution in [0.3, 0.4) is 0 Å². The molecular formula is C8H12F3NO3S. The smallest absolute Gasteiger partial charge is 0.354 e. The Morgan fingerprint density at radius 3 is 2.00 bits per heavy atom. The molecule has 1 aromatic heterocycles. The predicted molar refractivity (Wildman–Crippen MR) is 52.4 cm³/mol. The van der Waals surface area contributed by atoms with Crippen molar-refractivity contribution in [2.75, 3.05) is 0 Å². The van der Waals surface area contributed by atoms with E-state index in [0.29, 0.717) is 0 Å². The van der Waals surface area contributed by atoms with Crippen LogP contribution in [0.1, 0.15) is 12.5 Å². The van der Waals surface area contributed by atoms with Gasteiger partial charge in [-0.3, -0.25) is 4.55 Å². The molecule has 0 aliphatic carbocycles. The van der Waals surface area contributed by atoms with Crippen molar-refractivity contribution < 1.29 is 26.1 Å². The summed E-state index contributed by atoms with van der Waals surface area (Å²) in [6.07, 6.45) is 4.23. The number of aromatic nitrogens is 1. The minimum absolute atomic E-state index is 1.08. The topological polar surface area (TPSA) is 59.3 Å². The van der Waals surface area contributed by atoms with Gasteiger partial charge in [-0.05, 0) is 25.5 Å². The molecule has 1 rings (SSSR count). The first-order valence-electron chi connectivity index (χ1n) is 4.24. The van der Waals surface area contributed by atoms with Gasteiger partial charge in [-0.15, -0.1) is 0 Å². The van der Waals surface area contributed by atoms with Gasteiger partial charge in [0.1, 0.15) is 0 Å². The van der Waals surface area contributed by atoms with Crippen LogP contribution >= 0.6 is 0 Å². The number of halogens is 3. The molecule has 8 heteroatoms. The zero-order valence-corrected chi connectivity index (χ0v) is 9.51. The van der Waals surface area contributed by atoms with E-state index >= 15 is 0 Å². The molecule has 1 aromatic rings. The summed E-state index contributed by atoms with van der Waals surface area (Å²) in [7, 11) is -5.84. The monoisotopic (exact) mass is 259 g/mol. The molecule has 16 heavy (non-hydrogen) atoms. The Morgan fingerprint density at radius 1 is 1.44 bits per heavy atom. The lowest BCUT2D eigenvalue weighted by Gasteiger charge is -1.97. The van der Waals surface area contributed by atoms with Crippen molar-refractivity contribution in [1.29, 1.82) is 0 Å². The van der Waals surface area contributed by atoms with Crippen LogP contribution < -0.4 is 0 Å². The van der Waals surface area contributed by atoms with Crippen molar-refractivity contribution >= 4 is 10.1 Å². The highest BCUT2D eigenvalue weighted by atomic mass is 32.2. The lowest BCUT2D eigenvalue weighted by Crippen LogP contribution is -2.21. The van der Waals surface area contributed by atoms with E-state index in [4.69, 9.17) is 13.0 Å². The van der Waals surface area contributed by atoms with Gasteiger partial charge in [0.05, 0.1) is 0 Å². The van der Waals surface area contributed by atoms with Crippen molar-refractivity contribution in [2.45, 2.75) is 25.9 Å². The van der Waals surface area contributed by atoms with Gasteiger partial charge < -0.3 is 4.57 Å². The molecule has 0 fully saturated rings. The summed E-state index contributed by atoms with van der Waals surface area (Å²) in [5.41, 5.74) is -4.20. The highest BCUT2D eigenvalue weighted by molar-refractivity contribution is 7.86. The van der Waals surface area contributed by atoms with Crippen molar-refractivity contribution in [3.63, 3.8) is 0 Å². The Labute approximate surface area is 91.4 Å². The van der Waals surface area contributed by atoms with Gasteiger partial charge in [0.25, 0.3) is 0 Å². The van der Waals surface area contributed by atoms with Crippen LogP contribution in [0, 0.1) is 6.92 Å². The van der Waals surface area contributed by atoms with E-state index in [1.165, 1.54) is 5.56 Å². The predicted octanol–water partition coefficient (Wildman–Crippen LogP) is 2.21. The van der Waals surface area contributed by atoms with Crippen LogP contribution in [0.25, 0.3) is 0 Å². The van der Waals surface area contributed by atoms with Crippen molar-refractivity contribution in [3.05, 3.63) is 24.0 Å². The third-order valence-electron chi connectivity index (χ3n) is 1.56. The normalized spacial score (nSPS) is 11.9. The van der Waals surface area contributed by atoms with Crippen LogP contribution in [-0.2, 0) is 16.7 Å². The lowest BCUT2D eigenvalue weighted by atomic mass is 10.4. The second-order valence-electron chi connectivity index (χ2n) is 2.94. The molecule has 0 spiro atoms. The fraction of sp³-hybridized carbons (Fsp3) is 0.500. The Morgan fingerprint density at radius 2 is 1.88 bits per heavy atom.